The lowest BCUT2D eigenvalue weighted by Crippen LogP contribution is -2.51. The topological polar surface area (TPSA) is 59.3 Å². The van der Waals surface area contributed by atoms with Crippen molar-refractivity contribution in [1.82, 2.24) is 30.0 Å². The third kappa shape index (κ3) is 4.61. The van der Waals surface area contributed by atoms with Crippen molar-refractivity contribution in [1.29, 1.82) is 0 Å². The van der Waals surface area contributed by atoms with Gasteiger partial charge < -0.3 is 4.74 Å². The van der Waals surface area contributed by atoms with Crippen LogP contribution in [0.25, 0.3) is 0 Å². The summed E-state index contributed by atoms with van der Waals surface area (Å²) in [5.41, 5.74) is 1.17. The zero-order chi connectivity index (χ0) is 20.2. The second-order valence-corrected chi connectivity index (χ2v) is 8.74. The quantitative estimate of drug-likeness (QED) is 0.715. The van der Waals surface area contributed by atoms with E-state index in [1.54, 1.807) is 7.11 Å². The highest BCUT2D eigenvalue weighted by molar-refractivity contribution is 5.27. The number of rotatable bonds is 7. The van der Waals surface area contributed by atoms with Crippen LogP contribution in [0.4, 0.5) is 0 Å². The molecule has 2 aromatic rings. The number of benzene rings is 1. The Bertz CT molecular complexity index is 760. The molecule has 1 atom stereocenters. The number of hydrogen-bond donors (Lipinski definition) is 0. The molecular formula is C22H34N6O. The Balaban J connectivity index is 1.46. The van der Waals surface area contributed by atoms with E-state index in [1.165, 1.54) is 31.2 Å². The molecule has 0 unspecified atom stereocenters. The molecule has 1 aliphatic heterocycles. The summed E-state index contributed by atoms with van der Waals surface area (Å²) in [5, 5.41) is 12.8. The van der Waals surface area contributed by atoms with Crippen molar-refractivity contribution in [3.05, 3.63) is 35.7 Å². The van der Waals surface area contributed by atoms with Gasteiger partial charge in [-0.2, -0.15) is 0 Å². The predicted molar refractivity (Wildman–Crippen MR) is 113 cm³/mol. The Morgan fingerprint density at radius 1 is 1.03 bits per heavy atom. The number of aromatic nitrogens is 4. The lowest BCUT2D eigenvalue weighted by molar-refractivity contribution is 0.0501. The molecule has 7 nitrogen and oxygen atoms in total. The summed E-state index contributed by atoms with van der Waals surface area (Å²) in [6.45, 7) is 9.74. The fourth-order valence-corrected chi connectivity index (χ4v) is 4.97. The van der Waals surface area contributed by atoms with Crippen molar-refractivity contribution < 1.29 is 4.74 Å². The van der Waals surface area contributed by atoms with Gasteiger partial charge in [0, 0.05) is 32.2 Å². The molecule has 2 heterocycles. The molecule has 1 saturated carbocycles. The van der Waals surface area contributed by atoms with Crippen LogP contribution in [0.15, 0.2) is 24.3 Å². The third-order valence-electron chi connectivity index (χ3n) is 6.53. The Kier molecular flexibility index (Phi) is 6.45. The maximum atomic E-state index is 5.26. The number of tetrazole rings is 1. The summed E-state index contributed by atoms with van der Waals surface area (Å²) in [5.74, 6) is 2.30. The Morgan fingerprint density at radius 3 is 2.34 bits per heavy atom. The molecule has 0 spiro atoms. The molecule has 1 aromatic heterocycles. The van der Waals surface area contributed by atoms with Crippen LogP contribution in [0.1, 0.15) is 57.0 Å². The van der Waals surface area contributed by atoms with E-state index >= 15 is 0 Å². The summed E-state index contributed by atoms with van der Waals surface area (Å²) in [7, 11) is 1.69. The molecule has 1 aromatic carbocycles. The molecule has 0 bridgehead atoms. The van der Waals surface area contributed by atoms with E-state index in [4.69, 9.17) is 4.74 Å². The molecule has 0 radical (unpaired) electrons. The predicted octanol–water partition coefficient (Wildman–Crippen LogP) is 2.99. The summed E-state index contributed by atoms with van der Waals surface area (Å²) < 4.78 is 7.23. The minimum Gasteiger partial charge on any atom is -0.497 e. The average molecular weight is 399 g/mol. The summed E-state index contributed by atoms with van der Waals surface area (Å²) >= 11 is 0. The van der Waals surface area contributed by atoms with Gasteiger partial charge in [-0.3, -0.25) is 9.80 Å². The molecule has 0 N–H and O–H groups in total. The average Bonchev–Trinajstić information content (AvgIpc) is 3.42. The molecular weight excluding hydrogens is 364 g/mol. The van der Waals surface area contributed by atoms with Gasteiger partial charge in [-0.15, -0.1) is 5.10 Å². The number of ether oxygens (including phenoxy) is 1. The molecule has 1 saturated heterocycles. The second kappa shape index (κ2) is 9.22. The van der Waals surface area contributed by atoms with Crippen molar-refractivity contribution in [2.24, 2.45) is 5.92 Å². The van der Waals surface area contributed by atoms with Crippen molar-refractivity contribution in [2.45, 2.75) is 58.2 Å². The standard InChI is InChI=1S/C22H34N6O/c1-17(2)21(27-14-12-26(13-15-27)19-6-4-5-7-19)22-23-24-25-28(22)16-18-8-10-20(29-3)11-9-18/h8-11,17,19,21H,4-7,12-16H2,1-3H3/t21-/m1/s1. The largest absolute Gasteiger partial charge is 0.497 e. The van der Waals surface area contributed by atoms with E-state index in [1.807, 2.05) is 16.8 Å². The summed E-state index contributed by atoms with van der Waals surface area (Å²) in [4.78, 5) is 5.30. The highest BCUT2D eigenvalue weighted by Gasteiger charge is 2.33. The number of nitrogens with zero attached hydrogens (tertiary/aromatic N) is 6. The van der Waals surface area contributed by atoms with E-state index in [0.29, 0.717) is 12.5 Å². The molecule has 2 fully saturated rings. The van der Waals surface area contributed by atoms with E-state index in [-0.39, 0.29) is 6.04 Å². The van der Waals surface area contributed by atoms with E-state index in [9.17, 15) is 0 Å². The van der Waals surface area contributed by atoms with Crippen molar-refractivity contribution in [3.63, 3.8) is 0 Å². The first-order chi connectivity index (χ1) is 14.2. The maximum Gasteiger partial charge on any atom is 0.169 e. The van der Waals surface area contributed by atoms with Gasteiger partial charge in [0.1, 0.15) is 5.75 Å². The van der Waals surface area contributed by atoms with Crippen LogP contribution in [0, 0.1) is 5.92 Å². The highest BCUT2D eigenvalue weighted by atomic mass is 16.5. The van der Waals surface area contributed by atoms with Crippen LogP contribution in [0.2, 0.25) is 0 Å². The van der Waals surface area contributed by atoms with E-state index in [0.717, 1.165) is 43.8 Å². The molecule has 1 aliphatic carbocycles. The van der Waals surface area contributed by atoms with Gasteiger partial charge in [0.25, 0.3) is 0 Å². The van der Waals surface area contributed by atoms with Gasteiger partial charge in [0.15, 0.2) is 5.82 Å². The Morgan fingerprint density at radius 2 is 1.72 bits per heavy atom. The van der Waals surface area contributed by atoms with Crippen LogP contribution in [-0.4, -0.2) is 69.3 Å². The fraction of sp³-hybridized carbons (Fsp3) is 0.682. The van der Waals surface area contributed by atoms with E-state index < -0.39 is 0 Å². The minimum absolute atomic E-state index is 0.244. The zero-order valence-corrected chi connectivity index (χ0v) is 18.0. The monoisotopic (exact) mass is 398 g/mol. The van der Waals surface area contributed by atoms with Gasteiger partial charge in [-0.1, -0.05) is 38.8 Å². The van der Waals surface area contributed by atoms with Crippen LogP contribution < -0.4 is 4.74 Å². The minimum atomic E-state index is 0.244. The first kappa shape index (κ1) is 20.3. The van der Waals surface area contributed by atoms with Gasteiger partial charge in [0.2, 0.25) is 0 Å². The van der Waals surface area contributed by atoms with Crippen LogP contribution >= 0.6 is 0 Å². The fourth-order valence-electron chi connectivity index (χ4n) is 4.97. The van der Waals surface area contributed by atoms with Crippen LogP contribution in [-0.2, 0) is 6.54 Å². The van der Waals surface area contributed by atoms with E-state index in [2.05, 4.69) is 51.3 Å². The van der Waals surface area contributed by atoms with Gasteiger partial charge in [-0.05, 0) is 46.9 Å². The lowest BCUT2D eigenvalue weighted by Gasteiger charge is -2.42. The van der Waals surface area contributed by atoms with Crippen LogP contribution in [0.3, 0.4) is 0 Å². The number of hydrogen-bond acceptors (Lipinski definition) is 6. The van der Waals surface area contributed by atoms with Crippen molar-refractivity contribution in [3.8, 4) is 5.75 Å². The highest BCUT2D eigenvalue weighted by Crippen LogP contribution is 2.30. The van der Waals surface area contributed by atoms with Gasteiger partial charge in [-0.25, -0.2) is 4.68 Å². The lowest BCUT2D eigenvalue weighted by atomic mass is 10.00. The smallest absolute Gasteiger partial charge is 0.169 e. The number of methoxy groups -OCH3 is 1. The van der Waals surface area contributed by atoms with Crippen LogP contribution in [0.5, 0.6) is 5.75 Å². The summed E-state index contributed by atoms with van der Waals surface area (Å²) in [6.07, 6.45) is 5.57. The molecule has 2 aliphatic rings. The third-order valence-corrected chi connectivity index (χ3v) is 6.53. The molecule has 158 valence electrons. The second-order valence-electron chi connectivity index (χ2n) is 8.74. The molecule has 4 rings (SSSR count). The Labute approximate surface area is 174 Å². The van der Waals surface area contributed by atoms with Crippen molar-refractivity contribution >= 4 is 0 Å². The molecule has 0 amide bonds. The van der Waals surface area contributed by atoms with Crippen molar-refractivity contribution in [2.75, 3.05) is 33.3 Å². The molecule has 29 heavy (non-hydrogen) atoms. The number of piperazine rings is 1. The Hall–Kier alpha value is -1.99. The first-order valence-electron chi connectivity index (χ1n) is 11.0. The van der Waals surface area contributed by atoms with Gasteiger partial charge in [0.05, 0.1) is 19.7 Å². The molecule has 7 heteroatoms. The first-order valence-corrected chi connectivity index (χ1v) is 11.0. The normalized spacial score (nSPS) is 20.4. The SMILES string of the molecule is COc1ccc(Cn2nnnc2[C@@H](C(C)C)N2CCN(C3CCCC3)CC2)cc1. The maximum absolute atomic E-state index is 5.26. The zero-order valence-electron chi connectivity index (χ0n) is 18.0. The van der Waals surface area contributed by atoms with Gasteiger partial charge >= 0.3 is 0 Å². The summed E-state index contributed by atoms with van der Waals surface area (Å²) in [6, 6.07) is 9.19.